The molecule has 0 fully saturated rings. The first-order chi connectivity index (χ1) is 17.2. The second kappa shape index (κ2) is 8.69. The van der Waals surface area contributed by atoms with Gasteiger partial charge in [-0.25, -0.2) is 0 Å². The average molecular weight is 455 g/mol. The van der Waals surface area contributed by atoms with Crippen molar-refractivity contribution < 1.29 is 4.74 Å². The second-order valence-corrected chi connectivity index (χ2v) is 8.85. The highest BCUT2D eigenvalue weighted by Crippen LogP contribution is 2.33. The van der Waals surface area contributed by atoms with E-state index in [0.717, 1.165) is 28.6 Å². The quantitative estimate of drug-likeness (QED) is 0.259. The maximum absolute atomic E-state index is 5.98. The fraction of sp³-hybridized carbons (Fsp3) is 0.0625. The Hall–Kier alpha value is -4.50. The molecular weight excluding hydrogens is 428 g/mol. The number of nitrogens with zero attached hydrogens (tertiary/aromatic N) is 2. The van der Waals surface area contributed by atoms with Crippen molar-refractivity contribution in [2.45, 2.75) is 6.92 Å². The van der Waals surface area contributed by atoms with Crippen LogP contribution in [0.3, 0.4) is 0 Å². The van der Waals surface area contributed by atoms with Crippen molar-refractivity contribution in [1.29, 1.82) is 0 Å². The molecule has 0 unspecified atom stereocenters. The first-order valence-corrected chi connectivity index (χ1v) is 11.8. The first-order valence-electron chi connectivity index (χ1n) is 11.8. The summed E-state index contributed by atoms with van der Waals surface area (Å²) in [4.78, 5) is 2.19. The fourth-order valence-corrected chi connectivity index (χ4v) is 4.66. The van der Waals surface area contributed by atoms with Crippen LogP contribution in [0.25, 0.3) is 27.5 Å². The van der Waals surface area contributed by atoms with E-state index in [9.17, 15) is 0 Å². The van der Waals surface area contributed by atoms with Crippen LogP contribution < -0.4 is 9.64 Å². The number of para-hydroxylation sites is 2. The van der Waals surface area contributed by atoms with Gasteiger partial charge in [0.2, 0.25) is 0 Å². The lowest BCUT2D eigenvalue weighted by Crippen LogP contribution is -2.09. The molecule has 0 spiro atoms. The fourth-order valence-electron chi connectivity index (χ4n) is 4.66. The number of rotatable bonds is 5. The molecule has 170 valence electrons. The van der Waals surface area contributed by atoms with E-state index in [4.69, 9.17) is 4.74 Å². The smallest absolute Gasteiger partial charge is 0.127 e. The van der Waals surface area contributed by atoms with Gasteiger partial charge in [-0.05, 0) is 79.7 Å². The van der Waals surface area contributed by atoms with E-state index in [-0.39, 0.29) is 0 Å². The third kappa shape index (κ3) is 3.91. The number of hydrogen-bond acceptors (Lipinski definition) is 2. The number of aryl methyl sites for hydroxylation is 1. The number of fused-ring (bicyclic) bond motifs is 3. The van der Waals surface area contributed by atoms with Crippen molar-refractivity contribution in [2.24, 2.45) is 0 Å². The summed E-state index contributed by atoms with van der Waals surface area (Å²) >= 11 is 0. The zero-order chi connectivity index (χ0) is 23.8. The third-order valence-corrected chi connectivity index (χ3v) is 6.56. The van der Waals surface area contributed by atoms with Crippen LogP contribution >= 0.6 is 0 Å². The van der Waals surface area contributed by atoms with E-state index in [1.54, 1.807) is 0 Å². The van der Waals surface area contributed by atoms with E-state index < -0.39 is 0 Å². The molecule has 0 saturated heterocycles. The Kier molecular flexibility index (Phi) is 5.23. The molecule has 6 aromatic rings. The second-order valence-electron chi connectivity index (χ2n) is 8.85. The van der Waals surface area contributed by atoms with Gasteiger partial charge in [0.25, 0.3) is 0 Å². The lowest BCUT2D eigenvalue weighted by molar-refractivity contribution is 0.482. The normalized spacial score (nSPS) is 11.1. The molecule has 0 aliphatic carbocycles. The van der Waals surface area contributed by atoms with Crippen LogP contribution in [0.15, 0.2) is 121 Å². The van der Waals surface area contributed by atoms with Crippen LogP contribution in [0.5, 0.6) is 11.5 Å². The van der Waals surface area contributed by atoms with Gasteiger partial charge in [0.15, 0.2) is 0 Å². The summed E-state index contributed by atoms with van der Waals surface area (Å²) in [6.07, 6.45) is 0. The van der Waals surface area contributed by atoms with E-state index in [2.05, 4.69) is 121 Å². The molecule has 35 heavy (non-hydrogen) atoms. The topological polar surface area (TPSA) is 17.4 Å². The SMILES string of the molecule is Cc1ccc(Oc2ccc(N(C)c3ccc(-n4c5ccccc5c5ccccc54)cc3)cc2)cc1. The van der Waals surface area contributed by atoms with Gasteiger partial charge in [0.1, 0.15) is 11.5 Å². The molecule has 1 aromatic heterocycles. The predicted octanol–water partition coefficient (Wildman–Crippen LogP) is 8.65. The van der Waals surface area contributed by atoms with Crippen molar-refractivity contribution in [1.82, 2.24) is 4.57 Å². The molecule has 0 amide bonds. The Morgan fingerprint density at radius 2 is 1.00 bits per heavy atom. The van der Waals surface area contributed by atoms with Crippen molar-refractivity contribution >= 4 is 33.2 Å². The standard InChI is InChI=1S/C32H26N2O/c1-23-11-19-27(20-12-23)35-28-21-17-25(18-22-28)33(2)24-13-15-26(16-14-24)34-31-9-5-3-7-29(31)30-8-4-6-10-32(30)34/h3-22H,1-2H3. The monoisotopic (exact) mass is 454 g/mol. The lowest BCUT2D eigenvalue weighted by atomic mass is 10.2. The number of aromatic nitrogens is 1. The molecule has 0 aliphatic heterocycles. The zero-order valence-electron chi connectivity index (χ0n) is 19.8. The van der Waals surface area contributed by atoms with Crippen LogP contribution in [-0.4, -0.2) is 11.6 Å². The summed E-state index contributed by atoms with van der Waals surface area (Å²) in [6.45, 7) is 2.07. The van der Waals surface area contributed by atoms with E-state index in [0.29, 0.717) is 0 Å². The minimum atomic E-state index is 0.827. The first kappa shape index (κ1) is 21.1. The lowest BCUT2D eigenvalue weighted by Gasteiger charge is -2.20. The Morgan fingerprint density at radius 1 is 0.543 bits per heavy atom. The molecule has 0 N–H and O–H groups in total. The highest BCUT2D eigenvalue weighted by atomic mass is 16.5. The largest absolute Gasteiger partial charge is 0.457 e. The highest BCUT2D eigenvalue weighted by Gasteiger charge is 2.12. The Balaban J connectivity index is 1.27. The third-order valence-electron chi connectivity index (χ3n) is 6.56. The van der Waals surface area contributed by atoms with Gasteiger partial charge in [-0.1, -0.05) is 54.1 Å². The van der Waals surface area contributed by atoms with Crippen LogP contribution in [-0.2, 0) is 0 Å². The average Bonchev–Trinajstić information content (AvgIpc) is 3.25. The van der Waals surface area contributed by atoms with E-state index in [1.807, 2.05) is 24.3 Å². The van der Waals surface area contributed by atoms with Crippen LogP contribution in [0.2, 0.25) is 0 Å². The van der Waals surface area contributed by atoms with Gasteiger partial charge in [-0.15, -0.1) is 0 Å². The minimum absolute atomic E-state index is 0.827. The van der Waals surface area contributed by atoms with Crippen molar-refractivity contribution in [3.63, 3.8) is 0 Å². The van der Waals surface area contributed by atoms with Gasteiger partial charge < -0.3 is 14.2 Å². The maximum atomic E-state index is 5.98. The number of hydrogen-bond donors (Lipinski definition) is 0. The van der Waals surface area contributed by atoms with Crippen molar-refractivity contribution in [3.05, 3.63) is 127 Å². The zero-order valence-corrected chi connectivity index (χ0v) is 19.8. The van der Waals surface area contributed by atoms with E-state index in [1.165, 1.54) is 27.4 Å². The molecule has 0 atom stereocenters. The molecule has 5 aromatic carbocycles. The summed E-state index contributed by atoms with van der Waals surface area (Å²) in [5, 5.41) is 2.55. The molecule has 0 bridgehead atoms. The molecule has 0 aliphatic rings. The van der Waals surface area contributed by atoms with Gasteiger partial charge in [-0.2, -0.15) is 0 Å². The Labute approximate surface area is 205 Å². The van der Waals surface area contributed by atoms with Crippen molar-refractivity contribution in [3.8, 4) is 17.2 Å². The van der Waals surface area contributed by atoms with Crippen molar-refractivity contribution in [2.75, 3.05) is 11.9 Å². The summed E-state index contributed by atoms with van der Waals surface area (Å²) < 4.78 is 8.32. The Bertz CT molecular complexity index is 1560. The number of ether oxygens (including phenoxy) is 1. The van der Waals surface area contributed by atoms with Gasteiger partial charge in [0, 0.05) is 34.9 Å². The summed E-state index contributed by atoms with van der Waals surface area (Å²) in [6, 6.07) is 42.2. The molecule has 0 radical (unpaired) electrons. The number of anilines is 2. The summed E-state index contributed by atoms with van der Waals surface area (Å²) in [7, 11) is 2.09. The number of benzene rings is 5. The molecular formula is C32H26N2O. The van der Waals surface area contributed by atoms with E-state index >= 15 is 0 Å². The predicted molar refractivity (Wildman–Crippen MR) is 147 cm³/mol. The molecule has 3 nitrogen and oxygen atoms in total. The summed E-state index contributed by atoms with van der Waals surface area (Å²) in [5.41, 5.74) is 7.05. The molecule has 6 rings (SSSR count). The molecule has 0 saturated carbocycles. The van der Waals surface area contributed by atoms with Gasteiger partial charge >= 0.3 is 0 Å². The van der Waals surface area contributed by atoms with Crippen LogP contribution in [0.1, 0.15) is 5.56 Å². The summed E-state index contributed by atoms with van der Waals surface area (Å²) in [5.74, 6) is 1.67. The maximum Gasteiger partial charge on any atom is 0.127 e. The van der Waals surface area contributed by atoms with Crippen LogP contribution in [0, 0.1) is 6.92 Å². The highest BCUT2D eigenvalue weighted by molar-refractivity contribution is 6.09. The molecule has 1 heterocycles. The van der Waals surface area contributed by atoms with Gasteiger partial charge in [0.05, 0.1) is 11.0 Å². The minimum Gasteiger partial charge on any atom is -0.457 e. The van der Waals surface area contributed by atoms with Crippen LogP contribution in [0.4, 0.5) is 11.4 Å². The molecule has 3 heteroatoms. The Morgan fingerprint density at radius 3 is 1.54 bits per heavy atom. The van der Waals surface area contributed by atoms with Gasteiger partial charge in [-0.3, -0.25) is 0 Å².